The van der Waals surface area contributed by atoms with Crippen molar-refractivity contribution >= 4 is 11.8 Å². The first-order valence-electron chi connectivity index (χ1n) is 6.12. The molecule has 0 radical (unpaired) electrons. The lowest BCUT2D eigenvalue weighted by atomic mass is 10.2. The molecule has 0 bridgehead atoms. The zero-order chi connectivity index (χ0) is 12.1. The molecular formula is C11H20N4OS. The van der Waals surface area contributed by atoms with Crippen molar-refractivity contribution in [3.05, 3.63) is 5.82 Å². The third kappa shape index (κ3) is 4.29. The minimum atomic E-state index is 0.415. The van der Waals surface area contributed by atoms with Crippen molar-refractivity contribution in [2.75, 3.05) is 19.7 Å². The van der Waals surface area contributed by atoms with Crippen molar-refractivity contribution < 1.29 is 4.74 Å². The van der Waals surface area contributed by atoms with Gasteiger partial charge < -0.3 is 10.1 Å². The van der Waals surface area contributed by atoms with Crippen LogP contribution in [0.25, 0.3) is 0 Å². The van der Waals surface area contributed by atoms with Gasteiger partial charge in [-0.15, -0.1) is 5.10 Å². The molecule has 1 aliphatic heterocycles. The van der Waals surface area contributed by atoms with Crippen molar-refractivity contribution in [2.24, 2.45) is 0 Å². The maximum atomic E-state index is 5.56. The minimum absolute atomic E-state index is 0.415. The lowest BCUT2D eigenvalue weighted by molar-refractivity contribution is 0.110. The average Bonchev–Trinajstić information content (AvgIpc) is 2.90. The van der Waals surface area contributed by atoms with Gasteiger partial charge in [0.2, 0.25) is 5.16 Å². The fraction of sp³-hybridized carbons (Fsp3) is 0.818. The van der Waals surface area contributed by atoms with E-state index in [1.165, 1.54) is 12.8 Å². The van der Waals surface area contributed by atoms with E-state index in [1.807, 2.05) is 6.92 Å². The summed E-state index contributed by atoms with van der Waals surface area (Å²) in [5.74, 6) is 0.868. The minimum Gasteiger partial charge on any atom is -0.377 e. The van der Waals surface area contributed by atoms with E-state index in [1.54, 1.807) is 11.8 Å². The second-order valence-corrected chi connectivity index (χ2v) is 5.83. The Kier molecular flexibility index (Phi) is 4.82. The fourth-order valence-electron chi connectivity index (χ4n) is 1.85. The van der Waals surface area contributed by atoms with Crippen LogP contribution < -0.4 is 5.32 Å². The fourth-order valence-corrected chi connectivity index (χ4v) is 2.70. The van der Waals surface area contributed by atoms with Gasteiger partial charge in [0.25, 0.3) is 0 Å². The molecule has 0 spiro atoms. The molecule has 1 aromatic rings. The molecule has 1 aromatic heterocycles. The Hall–Kier alpha value is -0.590. The van der Waals surface area contributed by atoms with E-state index in [0.717, 1.165) is 30.7 Å². The van der Waals surface area contributed by atoms with Crippen molar-refractivity contribution in [2.45, 2.75) is 43.2 Å². The van der Waals surface area contributed by atoms with E-state index in [4.69, 9.17) is 4.74 Å². The summed E-state index contributed by atoms with van der Waals surface area (Å²) in [7, 11) is 0. The van der Waals surface area contributed by atoms with E-state index in [2.05, 4.69) is 27.4 Å². The Balaban J connectivity index is 1.61. The predicted octanol–water partition coefficient (Wildman–Crippen LogP) is 1.36. The molecule has 0 aromatic carbocycles. The summed E-state index contributed by atoms with van der Waals surface area (Å²) in [6, 6.07) is 0. The molecule has 0 amide bonds. The van der Waals surface area contributed by atoms with E-state index in [9.17, 15) is 0 Å². The molecule has 2 heterocycles. The van der Waals surface area contributed by atoms with Crippen LogP contribution in [0.5, 0.6) is 0 Å². The number of hydrogen-bond acceptors (Lipinski definition) is 5. The van der Waals surface area contributed by atoms with Crippen LogP contribution in [0.2, 0.25) is 0 Å². The van der Waals surface area contributed by atoms with E-state index >= 15 is 0 Å². The van der Waals surface area contributed by atoms with E-state index in [0.29, 0.717) is 11.4 Å². The zero-order valence-electron chi connectivity index (χ0n) is 10.4. The van der Waals surface area contributed by atoms with Crippen LogP contribution in [0.3, 0.4) is 0 Å². The molecule has 17 heavy (non-hydrogen) atoms. The zero-order valence-corrected chi connectivity index (χ0v) is 11.2. The molecule has 5 nitrogen and oxygen atoms in total. The molecule has 0 aliphatic carbocycles. The molecule has 2 unspecified atom stereocenters. The van der Waals surface area contributed by atoms with Gasteiger partial charge in [-0.05, 0) is 19.8 Å². The van der Waals surface area contributed by atoms with Crippen molar-refractivity contribution in [3.8, 4) is 0 Å². The van der Waals surface area contributed by atoms with Crippen LogP contribution in [0.15, 0.2) is 5.16 Å². The summed E-state index contributed by atoms with van der Waals surface area (Å²) in [5, 5.41) is 11.7. The lowest BCUT2D eigenvalue weighted by Crippen LogP contribution is -2.30. The molecule has 1 aliphatic rings. The number of aromatic nitrogens is 3. The largest absolute Gasteiger partial charge is 0.377 e. The van der Waals surface area contributed by atoms with E-state index in [-0.39, 0.29) is 0 Å². The van der Waals surface area contributed by atoms with Crippen LogP contribution in [0, 0.1) is 6.92 Å². The maximum Gasteiger partial charge on any atom is 0.208 e. The third-order valence-electron chi connectivity index (χ3n) is 2.71. The summed E-state index contributed by atoms with van der Waals surface area (Å²) >= 11 is 1.69. The molecule has 0 saturated carbocycles. The van der Waals surface area contributed by atoms with Crippen molar-refractivity contribution in [1.29, 1.82) is 0 Å². The number of ether oxygens (including phenoxy) is 1. The first-order valence-corrected chi connectivity index (χ1v) is 7.00. The van der Waals surface area contributed by atoms with Crippen molar-refractivity contribution in [1.82, 2.24) is 20.5 Å². The Morgan fingerprint density at radius 1 is 1.65 bits per heavy atom. The highest BCUT2D eigenvalue weighted by Gasteiger charge is 2.15. The van der Waals surface area contributed by atoms with Gasteiger partial charge >= 0.3 is 0 Å². The number of thioether (sulfide) groups is 1. The Morgan fingerprint density at radius 3 is 3.18 bits per heavy atom. The normalized spacial score (nSPS) is 21.9. The van der Waals surface area contributed by atoms with Gasteiger partial charge in [0.1, 0.15) is 5.82 Å². The van der Waals surface area contributed by atoms with Gasteiger partial charge in [0.15, 0.2) is 0 Å². The Bertz CT molecular complexity index is 338. The SMILES string of the molecule is Cc1nc(SC(C)CNCC2CCCO2)n[nH]1. The lowest BCUT2D eigenvalue weighted by Gasteiger charge is -2.13. The number of aryl methyl sites for hydroxylation is 1. The number of hydrogen-bond donors (Lipinski definition) is 2. The van der Waals surface area contributed by atoms with Gasteiger partial charge in [0, 0.05) is 24.9 Å². The number of aromatic amines is 1. The van der Waals surface area contributed by atoms with Gasteiger partial charge in [-0.25, -0.2) is 4.98 Å². The first-order chi connectivity index (χ1) is 8.24. The second-order valence-electron chi connectivity index (χ2n) is 4.43. The molecule has 1 saturated heterocycles. The quantitative estimate of drug-likeness (QED) is 0.753. The molecule has 96 valence electrons. The van der Waals surface area contributed by atoms with Crippen LogP contribution in [0.1, 0.15) is 25.6 Å². The second kappa shape index (κ2) is 6.37. The van der Waals surface area contributed by atoms with Gasteiger partial charge in [-0.1, -0.05) is 18.7 Å². The maximum absolute atomic E-state index is 5.56. The highest BCUT2D eigenvalue weighted by atomic mass is 32.2. The highest BCUT2D eigenvalue weighted by molar-refractivity contribution is 7.99. The molecule has 2 atom stereocenters. The molecule has 6 heteroatoms. The smallest absolute Gasteiger partial charge is 0.208 e. The van der Waals surface area contributed by atoms with E-state index < -0.39 is 0 Å². The van der Waals surface area contributed by atoms with Gasteiger partial charge in [-0.3, -0.25) is 5.10 Å². The van der Waals surface area contributed by atoms with Crippen molar-refractivity contribution in [3.63, 3.8) is 0 Å². The molecule has 1 fully saturated rings. The molecular weight excluding hydrogens is 236 g/mol. The summed E-state index contributed by atoms with van der Waals surface area (Å²) in [5.41, 5.74) is 0. The van der Waals surface area contributed by atoms with Gasteiger partial charge in [-0.2, -0.15) is 0 Å². The highest BCUT2D eigenvalue weighted by Crippen LogP contribution is 2.18. The predicted molar refractivity (Wildman–Crippen MR) is 68.3 cm³/mol. The standard InChI is InChI=1S/C11H20N4OS/c1-8(17-11-13-9(2)14-15-11)6-12-7-10-4-3-5-16-10/h8,10,12H,3-7H2,1-2H3,(H,13,14,15). The number of rotatable bonds is 6. The number of nitrogens with zero attached hydrogens (tertiary/aromatic N) is 2. The number of nitrogens with one attached hydrogen (secondary N) is 2. The van der Waals surface area contributed by atoms with Gasteiger partial charge in [0.05, 0.1) is 6.10 Å². The molecule has 2 N–H and O–H groups in total. The van der Waals surface area contributed by atoms with Crippen LogP contribution in [-0.2, 0) is 4.74 Å². The summed E-state index contributed by atoms with van der Waals surface area (Å²) < 4.78 is 5.56. The summed E-state index contributed by atoms with van der Waals surface area (Å²) in [6.07, 6.45) is 2.81. The third-order valence-corrected chi connectivity index (χ3v) is 3.67. The summed E-state index contributed by atoms with van der Waals surface area (Å²) in [6.45, 7) is 6.93. The monoisotopic (exact) mass is 256 g/mol. The van der Waals surface area contributed by atoms with Crippen LogP contribution in [0.4, 0.5) is 0 Å². The first kappa shape index (κ1) is 12.9. The Morgan fingerprint density at radius 2 is 2.53 bits per heavy atom. The van der Waals surface area contributed by atoms with Crippen LogP contribution in [-0.4, -0.2) is 46.2 Å². The number of H-pyrrole nitrogens is 1. The summed E-state index contributed by atoms with van der Waals surface area (Å²) in [4.78, 5) is 4.28. The molecule has 2 rings (SSSR count). The average molecular weight is 256 g/mol. The Labute approximate surface area is 106 Å². The topological polar surface area (TPSA) is 62.8 Å². The van der Waals surface area contributed by atoms with Crippen LogP contribution >= 0.6 is 11.8 Å².